The minimum atomic E-state index is -0.243. The molecule has 1 aliphatic rings. The van der Waals surface area contributed by atoms with E-state index in [4.69, 9.17) is 32.8 Å². The van der Waals surface area contributed by atoms with Gasteiger partial charge in [0.2, 0.25) is 0 Å². The molecule has 0 saturated heterocycles. The highest BCUT2D eigenvalue weighted by atomic mass is 35.5. The summed E-state index contributed by atoms with van der Waals surface area (Å²) in [6.45, 7) is 3.27. The lowest BCUT2D eigenvalue weighted by atomic mass is 10.0. The summed E-state index contributed by atoms with van der Waals surface area (Å²) in [4.78, 5) is 19.9. The minimum Gasteiger partial charge on any atom is -0.497 e. The first-order valence-electron chi connectivity index (χ1n) is 9.34. The zero-order chi connectivity index (χ0) is 20.8. The van der Waals surface area contributed by atoms with Crippen LogP contribution in [0.2, 0.25) is 10.0 Å². The highest BCUT2D eigenvalue weighted by molar-refractivity contribution is 6.42. The predicted molar refractivity (Wildman–Crippen MR) is 115 cm³/mol. The number of amides is 2. The Balaban J connectivity index is 1.68. The Labute approximate surface area is 180 Å². The second-order valence-electron chi connectivity index (χ2n) is 6.67. The van der Waals surface area contributed by atoms with E-state index in [0.29, 0.717) is 36.1 Å². The standard InChI is InChI=1S/C21H23Cl2N3O3/c1-3-24-21(27)26(12-14-5-4-6-16(9-14)28-2)13-17-11-20(25-29-17)15-7-8-18(22)19(23)10-15/h4-10,17H,3,11-13H2,1-2H3,(H,24,27)/t17-/m1/s1. The quantitative estimate of drug-likeness (QED) is 0.683. The molecule has 0 saturated carbocycles. The first-order chi connectivity index (χ1) is 14.0. The van der Waals surface area contributed by atoms with Gasteiger partial charge in [-0.05, 0) is 36.8 Å². The van der Waals surface area contributed by atoms with Gasteiger partial charge < -0.3 is 19.8 Å². The molecule has 0 fully saturated rings. The summed E-state index contributed by atoms with van der Waals surface area (Å²) in [5.41, 5.74) is 2.62. The molecule has 0 spiro atoms. The third-order valence-electron chi connectivity index (χ3n) is 4.53. The Kier molecular flexibility index (Phi) is 7.23. The highest BCUT2D eigenvalue weighted by Crippen LogP contribution is 2.26. The van der Waals surface area contributed by atoms with Crippen LogP contribution in [0.3, 0.4) is 0 Å². The fraction of sp³-hybridized carbons (Fsp3) is 0.333. The Bertz CT molecular complexity index is 904. The van der Waals surface area contributed by atoms with E-state index in [1.165, 1.54) is 0 Å². The smallest absolute Gasteiger partial charge is 0.317 e. The lowest BCUT2D eigenvalue weighted by molar-refractivity contribution is 0.0590. The van der Waals surface area contributed by atoms with Crippen LogP contribution in [0.25, 0.3) is 0 Å². The summed E-state index contributed by atoms with van der Waals surface area (Å²) in [6, 6.07) is 12.9. The van der Waals surface area contributed by atoms with Gasteiger partial charge in [0.25, 0.3) is 0 Å². The maximum atomic E-state index is 12.6. The van der Waals surface area contributed by atoms with E-state index in [-0.39, 0.29) is 12.1 Å². The molecule has 154 valence electrons. The largest absolute Gasteiger partial charge is 0.497 e. The third kappa shape index (κ3) is 5.55. The van der Waals surface area contributed by atoms with Gasteiger partial charge in [-0.3, -0.25) is 0 Å². The van der Waals surface area contributed by atoms with Crippen LogP contribution in [0.5, 0.6) is 5.75 Å². The van der Waals surface area contributed by atoms with Gasteiger partial charge in [-0.25, -0.2) is 4.79 Å². The van der Waals surface area contributed by atoms with Crippen LogP contribution in [0.4, 0.5) is 4.79 Å². The van der Waals surface area contributed by atoms with Gasteiger partial charge in [0.05, 0.1) is 29.4 Å². The molecule has 0 aliphatic carbocycles. The molecule has 8 heteroatoms. The van der Waals surface area contributed by atoms with Gasteiger partial charge in [0.1, 0.15) is 5.75 Å². The van der Waals surface area contributed by atoms with E-state index in [2.05, 4.69) is 10.5 Å². The minimum absolute atomic E-state index is 0.151. The molecule has 6 nitrogen and oxygen atoms in total. The topological polar surface area (TPSA) is 63.2 Å². The number of benzene rings is 2. The molecule has 1 N–H and O–H groups in total. The third-order valence-corrected chi connectivity index (χ3v) is 5.27. The van der Waals surface area contributed by atoms with Crippen molar-refractivity contribution in [3.63, 3.8) is 0 Å². The van der Waals surface area contributed by atoms with Gasteiger partial charge in [0, 0.05) is 25.1 Å². The molecule has 2 aromatic rings. The number of nitrogens with one attached hydrogen (secondary N) is 1. The summed E-state index contributed by atoms with van der Waals surface area (Å²) >= 11 is 12.1. The SMILES string of the molecule is CCNC(=O)N(Cc1cccc(OC)c1)C[C@H]1CC(c2ccc(Cl)c(Cl)c2)=NO1. The van der Waals surface area contributed by atoms with Crippen molar-refractivity contribution >= 4 is 34.9 Å². The average molecular weight is 436 g/mol. The van der Waals surface area contributed by atoms with E-state index >= 15 is 0 Å². The number of nitrogens with zero attached hydrogens (tertiary/aromatic N) is 2. The number of hydrogen-bond donors (Lipinski definition) is 1. The number of oxime groups is 1. The molecule has 1 atom stereocenters. The van der Waals surface area contributed by atoms with E-state index < -0.39 is 0 Å². The molecule has 0 radical (unpaired) electrons. The Morgan fingerprint density at radius 2 is 2.10 bits per heavy atom. The van der Waals surface area contributed by atoms with Crippen LogP contribution in [-0.4, -0.2) is 42.9 Å². The first kappa shape index (κ1) is 21.3. The number of carbonyl (C=O) groups excluding carboxylic acids is 1. The van der Waals surface area contributed by atoms with Crippen molar-refractivity contribution < 1.29 is 14.4 Å². The van der Waals surface area contributed by atoms with Crippen molar-refractivity contribution in [3.05, 3.63) is 63.6 Å². The molecule has 2 amide bonds. The van der Waals surface area contributed by atoms with Crippen molar-refractivity contribution in [1.82, 2.24) is 10.2 Å². The maximum absolute atomic E-state index is 12.6. The van der Waals surface area contributed by atoms with Crippen molar-refractivity contribution in [3.8, 4) is 5.75 Å². The number of urea groups is 1. The van der Waals surface area contributed by atoms with E-state index in [1.54, 1.807) is 24.1 Å². The molecular weight excluding hydrogens is 413 g/mol. The van der Waals surface area contributed by atoms with Gasteiger partial charge in [-0.15, -0.1) is 0 Å². The molecule has 29 heavy (non-hydrogen) atoms. The number of methoxy groups -OCH3 is 1. The summed E-state index contributed by atoms with van der Waals surface area (Å²) in [5, 5.41) is 8.01. The van der Waals surface area contributed by atoms with Crippen molar-refractivity contribution in [2.75, 3.05) is 20.2 Å². The lowest BCUT2D eigenvalue weighted by Crippen LogP contribution is -2.43. The summed E-state index contributed by atoms with van der Waals surface area (Å²) < 4.78 is 5.28. The fourth-order valence-electron chi connectivity index (χ4n) is 3.09. The number of ether oxygens (including phenoxy) is 1. The summed E-state index contributed by atoms with van der Waals surface area (Å²) in [7, 11) is 1.62. The molecule has 1 heterocycles. The monoisotopic (exact) mass is 435 g/mol. The van der Waals surface area contributed by atoms with Crippen LogP contribution in [0.15, 0.2) is 47.6 Å². The van der Waals surface area contributed by atoms with Crippen molar-refractivity contribution in [1.29, 1.82) is 0 Å². The summed E-state index contributed by atoms with van der Waals surface area (Å²) in [6.07, 6.45) is 0.332. The number of halogens is 2. The predicted octanol–water partition coefficient (Wildman–Crippen LogP) is 4.73. The van der Waals surface area contributed by atoms with Crippen LogP contribution in [-0.2, 0) is 11.4 Å². The zero-order valence-electron chi connectivity index (χ0n) is 16.3. The highest BCUT2D eigenvalue weighted by Gasteiger charge is 2.27. The Morgan fingerprint density at radius 1 is 1.28 bits per heavy atom. The van der Waals surface area contributed by atoms with E-state index in [1.807, 2.05) is 37.3 Å². The maximum Gasteiger partial charge on any atom is 0.317 e. The first-order valence-corrected chi connectivity index (χ1v) is 10.1. The molecule has 3 rings (SSSR count). The Morgan fingerprint density at radius 3 is 2.83 bits per heavy atom. The molecule has 1 aliphatic heterocycles. The van der Waals surface area contributed by atoms with E-state index in [0.717, 1.165) is 22.6 Å². The van der Waals surface area contributed by atoms with Gasteiger partial charge in [-0.1, -0.05) is 46.6 Å². The zero-order valence-corrected chi connectivity index (χ0v) is 17.8. The van der Waals surface area contributed by atoms with Crippen molar-refractivity contribution in [2.45, 2.75) is 26.0 Å². The van der Waals surface area contributed by atoms with Crippen LogP contribution < -0.4 is 10.1 Å². The Hall–Kier alpha value is -2.44. The molecular formula is C21H23Cl2N3O3. The van der Waals surface area contributed by atoms with Gasteiger partial charge >= 0.3 is 6.03 Å². The van der Waals surface area contributed by atoms with Crippen LogP contribution >= 0.6 is 23.2 Å². The lowest BCUT2D eigenvalue weighted by Gasteiger charge is -2.25. The van der Waals surface area contributed by atoms with Gasteiger partial charge in [0.15, 0.2) is 6.10 Å². The van der Waals surface area contributed by atoms with Crippen LogP contribution in [0.1, 0.15) is 24.5 Å². The fourth-order valence-corrected chi connectivity index (χ4v) is 3.39. The van der Waals surface area contributed by atoms with Crippen molar-refractivity contribution in [2.24, 2.45) is 5.16 Å². The summed E-state index contributed by atoms with van der Waals surface area (Å²) in [5.74, 6) is 0.751. The number of rotatable bonds is 7. The normalized spacial score (nSPS) is 15.4. The number of carbonyl (C=O) groups is 1. The molecule has 0 bridgehead atoms. The molecule has 0 unspecified atom stereocenters. The van der Waals surface area contributed by atoms with Gasteiger partial charge in [-0.2, -0.15) is 0 Å². The second-order valence-corrected chi connectivity index (χ2v) is 7.48. The molecule has 2 aromatic carbocycles. The second kappa shape index (κ2) is 9.85. The van der Waals surface area contributed by atoms with E-state index in [9.17, 15) is 4.79 Å². The van der Waals surface area contributed by atoms with Crippen LogP contribution in [0, 0.1) is 0 Å². The number of hydrogen-bond acceptors (Lipinski definition) is 4. The average Bonchev–Trinajstić information content (AvgIpc) is 3.18. The molecule has 0 aromatic heterocycles.